The Balaban J connectivity index is 1.46. The second-order valence-electron chi connectivity index (χ2n) is 6.42. The summed E-state index contributed by atoms with van der Waals surface area (Å²) in [4.78, 5) is 0. The molecule has 1 saturated heterocycles. The van der Waals surface area contributed by atoms with E-state index in [1.807, 2.05) is 6.07 Å². The molecule has 0 spiro atoms. The second kappa shape index (κ2) is 5.74. The molecule has 1 atom stereocenters. The fourth-order valence-corrected chi connectivity index (χ4v) is 3.29. The summed E-state index contributed by atoms with van der Waals surface area (Å²) in [6.45, 7) is 4.14. The van der Waals surface area contributed by atoms with Gasteiger partial charge in [0.25, 0.3) is 0 Å². The molecule has 0 amide bonds. The van der Waals surface area contributed by atoms with Crippen molar-refractivity contribution in [2.24, 2.45) is 0 Å². The van der Waals surface area contributed by atoms with Crippen LogP contribution in [0.25, 0.3) is 0 Å². The van der Waals surface area contributed by atoms with Crippen molar-refractivity contribution in [2.45, 2.75) is 50.2 Å². The quantitative estimate of drug-likeness (QED) is 0.895. The molecule has 110 valence electrons. The summed E-state index contributed by atoms with van der Waals surface area (Å²) in [5.74, 6) is 1.64. The van der Waals surface area contributed by atoms with Crippen molar-refractivity contribution in [2.75, 3.05) is 20.3 Å². The van der Waals surface area contributed by atoms with Crippen LogP contribution in [0.4, 0.5) is 0 Å². The first-order valence-corrected chi connectivity index (χ1v) is 7.70. The Bertz CT molecular complexity index is 448. The van der Waals surface area contributed by atoms with Gasteiger partial charge in [0.2, 0.25) is 0 Å². The van der Waals surface area contributed by atoms with Gasteiger partial charge in [-0.05, 0) is 56.2 Å². The monoisotopic (exact) mass is 275 g/mol. The molecule has 0 radical (unpaired) electrons. The number of benzene rings is 1. The molecular formula is C17H25NO2. The van der Waals surface area contributed by atoms with Gasteiger partial charge >= 0.3 is 0 Å². The predicted octanol–water partition coefficient (Wildman–Crippen LogP) is 3.10. The number of methoxy groups -OCH3 is 1. The van der Waals surface area contributed by atoms with E-state index in [9.17, 15) is 0 Å². The summed E-state index contributed by atoms with van der Waals surface area (Å²) in [6.07, 6.45) is 4.84. The maximum absolute atomic E-state index is 5.82. The topological polar surface area (TPSA) is 30.5 Å². The number of hydrogen-bond acceptors (Lipinski definition) is 3. The zero-order chi connectivity index (χ0) is 14.0. The molecule has 1 aliphatic carbocycles. The van der Waals surface area contributed by atoms with Gasteiger partial charge in [-0.3, -0.25) is 0 Å². The van der Waals surface area contributed by atoms with E-state index in [1.165, 1.54) is 31.2 Å². The molecule has 2 aliphatic rings. The molecule has 1 aromatic carbocycles. The fraction of sp³-hybridized carbons (Fsp3) is 0.647. The van der Waals surface area contributed by atoms with Crippen molar-refractivity contribution in [1.82, 2.24) is 5.32 Å². The van der Waals surface area contributed by atoms with Crippen molar-refractivity contribution in [3.05, 3.63) is 29.8 Å². The Morgan fingerprint density at radius 3 is 2.95 bits per heavy atom. The van der Waals surface area contributed by atoms with Crippen molar-refractivity contribution < 1.29 is 9.47 Å². The van der Waals surface area contributed by atoms with Crippen molar-refractivity contribution >= 4 is 0 Å². The molecule has 0 bridgehead atoms. The Labute approximate surface area is 121 Å². The van der Waals surface area contributed by atoms with Gasteiger partial charge in [0.15, 0.2) is 0 Å². The fourth-order valence-electron chi connectivity index (χ4n) is 3.29. The van der Waals surface area contributed by atoms with Crippen molar-refractivity contribution in [1.29, 1.82) is 0 Å². The maximum atomic E-state index is 5.82. The molecule has 1 N–H and O–H groups in total. The molecule has 1 aliphatic heterocycles. The third-order valence-corrected chi connectivity index (χ3v) is 4.77. The minimum atomic E-state index is 0.0705. The highest BCUT2D eigenvalue weighted by molar-refractivity contribution is 5.32. The molecule has 3 nitrogen and oxygen atoms in total. The second-order valence-corrected chi connectivity index (χ2v) is 6.42. The molecule has 2 fully saturated rings. The zero-order valence-electron chi connectivity index (χ0n) is 12.5. The first-order valence-electron chi connectivity index (χ1n) is 7.70. The lowest BCUT2D eigenvalue weighted by atomic mass is 9.75. The minimum Gasteiger partial charge on any atom is -0.497 e. The first-order chi connectivity index (χ1) is 9.68. The lowest BCUT2D eigenvalue weighted by Gasteiger charge is -2.38. The molecule has 0 aromatic heterocycles. The lowest BCUT2D eigenvalue weighted by molar-refractivity contribution is 0.0158. The molecule has 3 heteroatoms. The molecular weight excluding hydrogens is 250 g/mol. The third-order valence-electron chi connectivity index (χ3n) is 4.77. The van der Waals surface area contributed by atoms with E-state index in [1.54, 1.807) is 7.11 Å². The van der Waals surface area contributed by atoms with Crippen LogP contribution in [0.1, 0.15) is 44.1 Å². The Morgan fingerprint density at radius 1 is 1.40 bits per heavy atom. The van der Waals surface area contributed by atoms with Crippen LogP contribution in [-0.2, 0) is 4.74 Å². The van der Waals surface area contributed by atoms with Crippen molar-refractivity contribution in [3.8, 4) is 5.75 Å². The standard InChI is InChI=1S/C17H25NO2/c1-17(7-4-8-20-17)12-18-15-9-14(10-15)13-5-3-6-16(11-13)19-2/h3,5-6,11,14-15,18H,4,7-10,12H2,1-2H3. The summed E-state index contributed by atoms with van der Waals surface area (Å²) >= 11 is 0. The van der Waals surface area contributed by atoms with Gasteiger partial charge in [-0.25, -0.2) is 0 Å². The first kappa shape index (κ1) is 13.9. The highest BCUT2D eigenvalue weighted by atomic mass is 16.5. The Kier molecular flexibility index (Phi) is 3.99. The van der Waals surface area contributed by atoms with E-state index in [0.29, 0.717) is 12.0 Å². The summed E-state index contributed by atoms with van der Waals surface area (Å²) in [5, 5.41) is 3.67. The molecule has 3 rings (SSSR count). The van der Waals surface area contributed by atoms with Crippen LogP contribution in [0.15, 0.2) is 24.3 Å². The molecule has 1 saturated carbocycles. The highest BCUT2D eigenvalue weighted by Gasteiger charge is 2.34. The van der Waals surface area contributed by atoms with Gasteiger partial charge in [-0.1, -0.05) is 12.1 Å². The number of nitrogens with one attached hydrogen (secondary N) is 1. The van der Waals surface area contributed by atoms with E-state index in [4.69, 9.17) is 9.47 Å². The van der Waals surface area contributed by atoms with Crippen LogP contribution < -0.4 is 10.1 Å². The normalized spacial score (nSPS) is 32.9. The predicted molar refractivity (Wildman–Crippen MR) is 80.4 cm³/mol. The summed E-state index contributed by atoms with van der Waals surface area (Å²) in [5.41, 5.74) is 1.48. The Hall–Kier alpha value is -1.06. The van der Waals surface area contributed by atoms with E-state index in [0.717, 1.165) is 18.9 Å². The molecule has 1 heterocycles. The van der Waals surface area contributed by atoms with E-state index < -0.39 is 0 Å². The van der Waals surface area contributed by atoms with Crippen LogP contribution in [0.2, 0.25) is 0 Å². The van der Waals surface area contributed by atoms with Gasteiger partial charge < -0.3 is 14.8 Å². The lowest BCUT2D eigenvalue weighted by Crippen LogP contribution is -2.47. The van der Waals surface area contributed by atoms with E-state index in [-0.39, 0.29) is 5.60 Å². The van der Waals surface area contributed by atoms with E-state index in [2.05, 4.69) is 30.4 Å². The Morgan fingerprint density at radius 2 is 2.25 bits per heavy atom. The average molecular weight is 275 g/mol. The number of rotatable bonds is 5. The smallest absolute Gasteiger partial charge is 0.119 e. The van der Waals surface area contributed by atoms with Crippen LogP contribution >= 0.6 is 0 Å². The van der Waals surface area contributed by atoms with Crippen LogP contribution in [0.3, 0.4) is 0 Å². The SMILES string of the molecule is COc1cccc(C2CC(NCC3(C)CCCO3)C2)c1. The van der Waals surface area contributed by atoms with Crippen LogP contribution in [0, 0.1) is 0 Å². The van der Waals surface area contributed by atoms with Gasteiger partial charge in [0, 0.05) is 19.2 Å². The average Bonchev–Trinajstić information content (AvgIpc) is 2.84. The van der Waals surface area contributed by atoms with E-state index >= 15 is 0 Å². The number of hydrogen-bond donors (Lipinski definition) is 1. The van der Waals surface area contributed by atoms with Gasteiger partial charge in [0.1, 0.15) is 5.75 Å². The molecule has 1 unspecified atom stereocenters. The van der Waals surface area contributed by atoms with Crippen LogP contribution in [-0.4, -0.2) is 31.9 Å². The summed E-state index contributed by atoms with van der Waals surface area (Å²) in [6, 6.07) is 9.12. The zero-order valence-corrected chi connectivity index (χ0v) is 12.5. The summed E-state index contributed by atoms with van der Waals surface area (Å²) in [7, 11) is 1.73. The third kappa shape index (κ3) is 2.99. The largest absolute Gasteiger partial charge is 0.497 e. The minimum absolute atomic E-state index is 0.0705. The maximum Gasteiger partial charge on any atom is 0.119 e. The van der Waals surface area contributed by atoms with Gasteiger partial charge in [0.05, 0.1) is 12.7 Å². The molecule has 20 heavy (non-hydrogen) atoms. The molecule has 1 aromatic rings. The number of ether oxygens (including phenoxy) is 2. The van der Waals surface area contributed by atoms with Gasteiger partial charge in [-0.2, -0.15) is 0 Å². The highest BCUT2D eigenvalue weighted by Crippen LogP contribution is 2.38. The van der Waals surface area contributed by atoms with Crippen LogP contribution in [0.5, 0.6) is 5.75 Å². The van der Waals surface area contributed by atoms with Gasteiger partial charge in [-0.15, -0.1) is 0 Å². The van der Waals surface area contributed by atoms with Crippen molar-refractivity contribution in [3.63, 3.8) is 0 Å². The summed E-state index contributed by atoms with van der Waals surface area (Å²) < 4.78 is 11.1.